The standard InChI is InChI=1S/C19H16N2O5/c1-12(21-17(23)14-9-5-6-10-15(14)18(21)24)19(25)26-11-16(22)20-13-7-3-2-4-8-13/h2-10,12H,11H2,1H3,(H,20,22). The van der Waals surface area contributed by atoms with Crippen LogP contribution >= 0.6 is 0 Å². The number of fused-ring (bicyclic) bond motifs is 1. The number of benzene rings is 2. The second-order valence-corrected chi connectivity index (χ2v) is 5.72. The minimum Gasteiger partial charge on any atom is -0.454 e. The second-order valence-electron chi connectivity index (χ2n) is 5.72. The number of anilines is 1. The molecule has 1 heterocycles. The number of imide groups is 1. The number of nitrogens with one attached hydrogen (secondary N) is 1. The van der Waals surface area contributed by atoms with Crippen molar-refractivity contribution < 1.29 is 23.9 Å². The smallest absolute Gasteiger partial charge is 0.329 e. The highest BCUT2D eigenvalue weighted by atomic mass is 16.5. The molecule has 1 aliphatic rings. The highest BCUT2D eigenvalue weighted by molar-refractivity contribution is 6.22. The molecule has 0 fully saturated rings. The predicted molar refractivity (Wildman–Crippen MR) is 92.4 cm³/mol. The van der Waals surface area contributed by atoms with Crippen molar-refractivity contribution in [2.75, 3.05) is 11.9 Å². The molecular formula is C19H16N2O5. The molecule has 1 unspecified atom stereocenters. The summed E-state index contributed by atoms with van der Waals surface area (Å²) in [6, 6.07) is 13.9. The topological polar surface area (TPSA) is 92.8 Å². The van der Waals surface area contributed by atoms with Gasteiger partial charge in [-0.25, -0.2) is 4.79 Å². The Morgan fingerprint density at radius 1 is 0.962 bits per heavy atom. The maximum atomic E-state index is 12.4. The third kappa shape index (κ3) is 3.32. The number of hydrogen-bond donors (Lipinski definition) is 1. The van der Waals surface area contributed by atoms with Crippen LogP contribution < -0.4 is 5.32 Å². The lowest BCUT2D eigenvalue weighted by Gasteiger charge is -2.20. The van der Waals surface area contributed by atoms with Gasteiger partial charge < -0.3 is 10.1 Å². The lowest BCUT2D eigenvalue weighted by Crippen LogP contribution is -2.44. The number of para-hydroxylation sites is 1. The quantitative estimate of drug-likeness (QED) is 0.655. The number of carbonyl (C=O) groups is 4. The molecule has 0 aliphatic carbocycles. The summed E-state index contributed by atoms with van der Waals surface area (Å²) in [5.41, 5.74) is 1.07. The highest BCUT2D eigenvalue weighted by Crippen LogP contribution is 2.24. The molecule has 0 saturated carbocycles. The SMILES string of the molecule is CC(C(=O)OCC(=O)Nc1ccccc1)N1C(=O)c2ccccc2C1=O. The van der Waals surface area contributed by atoms with Crippen molar-refractivity contribution in [3.8, 4) is 0 Å². The van der Waals surface area contributed by atoms with Gasteiger partial charge in [0.05, 0.1) is 11.1 Å². The highest BCUT2D eigenvalue weighted by Gasteiger charge is 2.41. The van der Waals surface area contributed by atoms with E-state index in [2.05, 4.69) is 5.32 Å². The summed E-state index contributed by atoms with van der Waals surface area (Å²) in [6.07, 6.45) is 0. The number of amides is 3. The van der Waals surface area contributed by atoms with Crippen molar-refractivity contribution in [1.29, 1.82) is 0 Å². The predicted octanol–water partition coefficient (Wildman–Crippen LogP) is 1.85. The zero-order valence-electron chi connectivity index (χ0n) is 14.0. The van der Waals surface area contributed by atoms with Crippen LogP contribution in [0.3, 0.4) is 0 Å². The van der Waals surface area contributed by atoms with E-state index in [9.17, 15) is 19.2 Å². The summed E-state index contributed by atoms with van der Waals surface area (Å²) >= 11 is 0. The zero-order chi connectivity index (χ0) is 18.7. The van der Waals surface area contributed by atoms with Crippen LogP contribution in [0.4, 0.5) is 5.69 Å². The molecule has 3 amide bonds. The summed E-state index contributed by atoms with van der Waals surface area (Å²) < 4.78 is 4.95. The molecule has 0 saturated heterocycles. The lowest BCUT2D eigenvalue weighted by atomic mass is 10.1. The van der Waals surface area contributed by atoms with E-state index < -0.39 is 36.3 Å². The summed E-state index contributed by atoms with van der Waals surface area (Å²) in [7, 11) is 0. The number of ether oxygens (including phenoxy) is 1. The van der Waals surface area contributed by atoms with Gasteiger partial charge in [0.25, 0.3) is 17.7 Å². The van der Waals surface area contributed by atoms with E-state index in [4.69, 9.17) is 4.74 Å². The average molecular weight is 352 g/mol. The van der Waals surface area contributed by atoms with Crippen LogP contribution in [0.15, 0.2) is 54.6 Å². The normalized spacial score (nSPS) is 14.0. The van der Waals surface area contributed by atoms with Gasteiger partial charge in [0.15, 0.2) is 6.61 Å². The van der Waals surface area contributed by atoms with E-state index in [1.54, 1.807) is 42.5 Å². The van der Waals surface area contributed by atoms with Crippen molar-refractivity contribution >= 4 is 29.4 Å². The summed E-state index contributed by atoms with van der Waals surface area (Å²) in [5, 5.41) is 2.57. The maximum absolute atomic E-state index is 12.4. The Hall–Kier alpha value is -3.48. The molecule has 0 radical (unpaired) electrons. The number of carbonyl (C=O) groups excluding carboxylic acids is 4. The van der Waals surface area contributed by atoms with Gasteiger partial charge in [-0.2, -0.15) is 0 Å². The maximum Gasteiger partial charge on any atom is 0.329 e. The fourth-order valence-electron chi connectivity index (χ4n) is 2.64. The van der Waals surface area contributed by atoms with Gasteiger partial charge in [0, 0.05) is 5.69 Å². The van der Waals surface area contributed by atoms with Crippen molar-refractivity contribution in [2.45, 2.75) is 13.0 Å². The Kier molecular flexibility index (Phi) is 4.79. The first-order valence-electron chi connectivity index (χ1n) is 7.97. The second kappa shape index (κ2) is 7.18. The summed E-state index contributed by atoms with van der Waals surface area (Å²) in [6.45, 7) is 0.875. The Balaban J connectivity index is 1.59. The zero-order valence-corrected chi connectivity index (χ0v) is 14.0. The van der Waals surface area contributed by atoms with E-state index in [0.29, 0.717) is 5.69 Å². The molecule has 1 N–H and O–H groups in total. The van der Waals surface area contributed by atoms with E-state index in [1.165, 1.54) is 19.1 Å². The third-order valence-corrected chi connectivity index (χ3v) is 3.96. The van der Waals surface area contributed by atoms with Crippen LogP contribution in [0.1, 0.15) is 27.6 Å². The summed E-state index contributed by atoms with van der Waals surface area (Å²) in [5.74, 6) is -2.45. The molecular weight excluding hydrogens is 336 g/mol. The van der Waals surface area contributed by atoms with Gasteiger partial charge >= 0.3 is 5.97 Å². The lowest BCUT2D eigenvalue weighted by molar-refractivity contribution is -0.150. The van der Waals surface area contributed by atoms with Gasteiger partial charge in [-0.15, -0.1) is 0 Å². The van der Waals surface area contributed by atoms with Gasteiger partial charge in [-0.05, 0) is 31.2 Å². The Bertz CT molecular complexity index is 844. The van der Waals surface area contributed by atoms with Crippen molar-refractivity contribution in [2.24, 2.45) is 0 Å². The molecule has 132 valence electrons. The van der Waals surface area contributed by atoms with Crippen LogP contribution in [-0.2, 0) is 14.3 Å². The molecule has 0 bridgehead atoms. The molecule has 0 spiro atoms. The minimum absolute atomic E-state index is 0.249. The molecule has 7 heteroatoms. The Morgan fingerprint density at radius 3 is 2.08 bits per heavy atom. The number of hydrogen-bond acceptors (Lipinski definition) is 5. The van der Waals surface area contributed by atoms with Crippen molar-refractivity contribution in [3.63, 3.8) is 0 Å². The first-order chi connectivity index (χ1) is 12.5. The van der Waals surface area contributed by atoms with Gasteiger partial charge in [0.1, 0.15) is 6.04 Å². The largest absolute Gasteiger partial charge is 0.454 e. The van der Waals surface area contributed by atoms with E-state index in [0.717, 1.165) is 4.90 Å². The van der Waals surface area contributed by atoms with E-state index in [-0.39, 0.29) is 11.1 Å². The molecule has 7 nitrogen and oxygen atoms in total. The number of esters is 1. The Morgan fingerprint density at radius 2 is 1.50 bits per heavy atom. The molecule has 2 aromatic carbocycles. The first-order valence-corrected chi connectivity index (χ1v) is 7.97. The van der Waals surface area contributed by atoms with E-state index >= 15 is 0 Å². The Labute approximate surface area is 149 Å². The molecule has 26 heavy (non-hydrogen) atoms. The van der Waals surface area contributed by atoms with Crippen LogP contribution in [0.2, 0.25) is 0 Å². The van der Waals surface area contributed by atoms with Gasteiger partial charge in [0.2, 0.25) is 0 Å². The third-order valence-electron chi connectivity index (χ3n) is 3.96. The van der Waals surface area contributed by atoms with Gasteiger partial charge in [-0.3, -0.25) is 19.3 Å². The summed E-state index contributed by atoms with van der Waals surface area (Å²) in [4.78, 5) is 49.6. The van der Waals surface area contributed by atoms with Crippen molar-refractivity contribution in [1.82, 2.24) is 4.90 Å². The van der Waals surface area contributed by atoms with Crippen LogP contribution in [0, 0.1) is 0 Å². The van der Waals surface area contributed by atoms with Crippen LogP contribution in [0.5, 0.6) is 0 Å². The monoisotopic (exact) mass is 352 g/mol. The van der Waals surface area contributed by atoms with Gasteiger partial charge in [-0.1, -0.05) is 30.3 Å². The number of nitrogens with zero attached hydrogens (tertiary/aromatic N) is 1. The average Bonchev–Trinajstić information content (AvgIpc) is 2.91. The fraction of sp³-hybridized carbons (Fsp3) is 0.158. The molecule has 3 rings (SSSR count). The first kappa shape index (κ1) is 17.3. The van der Waals surface area contributed by atoms with E-state index in [1.807, 2.05) is 0 Å². The van der Waals surface area contributed by atoms with Crippen molar-refractivity contribution in [3.05, 3.63) is 65.7 Å². The molecule has 1 aliphatic heterocycles. The van der Waals surface area contributed by atoms with Crippen LogP contribution in [-0.4, -0.2) is 41.2 Å². The molecule has 2 aromatic rings. The number of rotatable bonds is 5. The minimum atomic E-state index is -1.13. The molecule has 1 atom stereocenters. The van der Waals surface area contributed by atoms with Crippen LogP contribution in [0.25, 0.3) is 0 Å². The fourth-order valence-corrected chi connectivity index (χ4v) is 2.64. The molecule has 0 aromatic heterocycles.